The fourth-order valence-corrected chi connectivity index (χ4v) is 3.61. The highest BCUT2D eigenvalue weighted by atomic mass is 32.2. The first-order chi connectivity index (χ1) is 12.7. The van der Waals surface area contributed by atoms with Gasteiger partial charge in [-0.25, -0.2) is 4.98 Å². The average molecular weight is 374 g/mol. The summed E-state index contributed by atoms with van der Waals surface area (Å²) in [6, 6.07) is 9.71. The molecule has 0 saturated carbocycles. The van der Waals surface area contributed by atoms with E-state index >= 15 is 0 Å². The number of likely N-dealkylation sites (tertiary alicyclic amines) is 1. The number of carbonyl (C=O) groups excluding carboxylic acids is 2. The predicted octanol–water partition coefficient (Wildman–Crippen LogP) is 2.37. The van der Waals surface area contributed by atoms with Crippen LogP contribution in [0.25, 0.3) is 11.4 Å². The third kappa shape index (κ3) is 4.63. The molecule has 1 atom stereocenters. The smallest absolute Gasteiger partial charge is 0.310 e. The Hall–Kier alpha value is -2.35. The van der Waals surface area contributed by atoms with Gasteiger partial charge in [-0.15, -0.1) is 5.10 Å². The second kappa shape index (κ2) is 8.84. The molecule has 3 rings (SSSR count). The normalized spacial score (nSPS) is 17.1. The molecular formula is C18H22N4O3S. The Bertz CT molecular complexity index is 750. The molecule has 0 bridgehead atoms. The van der Waals surface area contributed by atoms with Gasteiger partial charge in [-0.2, -0.15) is 0 Å². The number of piperidine rings is 1. The number of ether oxygens (including phenoxy) is 1. The Morgan fingerprint density at radius 1 is 1.35 bits per heavy atom. The van der Waals surface area contributed by atoms with Gasteiger partial charge in [0.05, 0.1) is 18.3 Å². The molecule has 1 aliphatic heterocycles. The molecule has 0 spiro atoms. The topological polar surface area (TPSA) is 88.2 Å². The molecule has 8 heteroatoms. The molecule has 1 saturated heterocycles. The molecule has 1 N–H and O–H groups in total. The lowest BCUT2D eigenvalue weighted by molar-refractivity contribution is -0.151. The first-order valence-electron chi connectivity index (χ1n) is 8.72. The van der Waals surface area contributed by atoms with Crippen molar-refractivity contribution in [2.24, 2.45) is 5.92 Å². The van der Waals surface area contributed by atoms with E-state index in [1.807, 2.05) is 30.3 Å². The summed E-state index contributed by atoms with van der Waals surface area (Å²) in [6.07, 6.45) is 1.59. The Balaban J connectivity index is 1.52. The van der Waals surface area contributed by atoms with Gasteiger partial charge in [0.2, 0.25) is 11.1 Å². The first kappa shape index (κ1) is 18.4. The van der Waals surface area contributed by atoms with Gasteiger partial charge < -0.3 is 9.64 Å². The summed E-state index contributed by atoms with van der Waals surface area (Å²) in [5.41, 5.74) is 0.950. The summed E-state index contributed by atoms with van der Waals surface area (Å²) < 4.78 is 5.08. The van der Waals surface area contributed by atoms with E-state index < -0.39 is 0 Å². The molecule has 26 heavy (non-hydrogen) atoms. The van der Waals surface area contributed by atoms with E-state index in [0.717, 1.165) is 18.4 Å². The van der Waals surface area contributed by atoms with Crippen molar-refractivity contribution in [3.63, 3.8) is 0 Å². The molecule has 0 unspecified atom stereocenters. The third-order valence-electron chi connectivity index (χ3n) is 4.23. The van der Waals surface area contributed by atoms with Crippen molar-refractivity contribution < 1.29 is 14.3 Å². The lowest BCUT2D eigenvalue weighted by atomic mass is 9.98. The summed E-state index contributed by atoms with van der Waals surface area (Å²) in [7, 11) is 0. The van der Waals surface area contributed by atoms with Crippen molar-refractivity contribution in [1.82, 2.24) is 20.1 Å². The summed E-state index contributed by atoms with van der Waals surface area (Å²) in [5, 5.41) is 7.59. The van der Waals surface area contributed by atoms with E-state index in [-0.39, 0.29) is 23.5 Å². The molecule has 1 amide bonds. The number of aromatic amines is 1. The Labute approximate surface area is 156 Å². The minimum atomic E-state index is -0.217. The molecule has 2 heterocycles. The van der Waals surface area contributed by atoms with Crippen molar-refractivity contribution in [2.75, 3.05) is 25.4 Å². The van der Waals surface area contributed by atoms with Crippen molar-refractivity contribution in [2.45, 2.75) is 24.9 Å². The van der Waals surface area contributed by atoms with E-state index in [0.29, 0.717) is 30.7 Å². The molecule has 2 aromatic rings. The minimum Gasteiger partial charge on any atom is -0.466 e. The van der Waals surface area contributed by atoms with Gasteiger partial charge in [0.1, 0.15) is 0 Å². The number of thioether (sulfide) groups is 1. The number of H-pyrrole nitrogens is 1. The van der Waals surface area contributed by atoms with Crippen LogP contribution in [0.1, 0.15) is 19.8 Å². The van der Waals surface area contributed by atoms with E-state index in [1.54, 1.807) is 11.8 Å². The molecule has 1 aliphatic rings. The van der Waals surface area contributed by atoms with E-state index in [2.05, 4.69) is 15.2 Å². The highest BCUT2D eigenvalue weighted by molar-refractivity contribution is 7.99. The highest BCUT2D eigenvalue weighted by Gasteiger charge is 2.29. The predicted molar refractivity (Wildman–Crippen MR) is 98.5 cm³/mol. The summed E-state index contributed by atoms with van der Waals surface area (Å²) in [6.45, 7) is 3.27. The van der Waals surface area contributed by atoms with Gasteiger partial charge in [0.25, 0.3) is 0 Å². The molecule has 0 radical (unpaired) electrons. The van der Waals surface area contributed by atoms with Crippen LogP contribution in [-0.2, 0) is 14.3 Å². The fourth-order valence-electron chi connectivity index (χ4n) is 2.91. The Morgan fingerprint density at radius 3 is 2.92 bits per heavy atom. The van der Waals surface area contributed by atoms with Crippen LogP contribution in [0.2, 0.25) is 0 Å². The maximum absolute atomic E-state index is 12.5. The zero-order valence-electron chi connectivity index (χ0n) is 14.7. The van der Waals surface area contributed by atoms with Gasteiger partial charge >= 0.3 is 5.97 Å². The number of aromatic nitrogens is 3. The monoisotopic (exact) mass is 374 g/mol. The molecule has 1 aromatic carbocycles. The van der Waals surface area contributed by atoms with Crippen LogP contribution in [0.5, 0.6) is 0 Å². The summed E-state index contributed by atoms with van der Waals surface area (Å²) in [5.74, 6) is 0.502. The summed E-state index contributed by atoms with van der Waals surface area (Å²) >= 11 is 1.30. The van der Waals surface area contributed by atoms with Crippen LogP contribution in [0, 0.1) is 5.92 Å². The number of carbonyl (C=O) groups is 2. The largest absolute Gasteiger partial charge is 0.466 e. The molecule has 1 aromatic heterocycles. The summed E-state index contributed by atoms with van der Waals surface area (Å²) in [4.78, 5) is 30.5. The van der Waals surface area contributed by atoms with E-state index in [9.17, 15) is 9.59 Å². The molecular weight excluding hydrogens is 352 g/mol. The van der Waals surface area contributed by atoms with Crippen LogP contribution in [-0.4, -0.2) is 57.4 Å². The van der Waals surface area contributed by atoms with Gasteiger partial charge in [-0.3, -0.25) is 14.7 Å². The van der Waals surface area contributed by atoms with Crippen molar-refractivity contribution in [3.05, 3.63) is 30.3 Å². The van der Waals surface area contributed by atoms with Crippen molar-refractivity contribution in [1.29, 1.82) is 0 Å². The molecule has 1 fully saturated rings. The maximum Gasteiger partial charge on any atom is 0.310 e. The second-order valence-electron chi connectivity index (χ2n) is 6.05. The van der Waals surface area contributed by atoms with E-state index in [1.165, 1.54) is 11.8 Å². The Morgan fingerprint density at radius 2 is 2.15 bits per heavy atom. The number of amides is 1. The number of hydrogen-bond acceptors (Lipinski definition) is 6. The number of esters is 1. The number of hydrogen-bond donors (Lipinski definition) is 1. The standard InChI is InChI=1S/C18H22N4O3S/c1-2-25-17(24)14-9-6-10-22(11-14)15(23)12-26-18-19-16(20-21-18)13-7-4-3-5-8-13/h3-5,7-8,14H,2,6,9-12H2,1H3,(H,19,20,21)/t14-/m0/s1. The third-order valence-corrected chi connectivity index (χ3v) is 5.06. The zero-order chi connectivity index (χ0) is 18.4. The second-order valence-corrected chi connectivity index (χ2v) is 6.99. The van der Waals surface area contributed by atoms with Gasteiger partial charge in [-0.1, -0.05) is 42.1 Å². The quantitative estimate of drug-likeness (QED) is 0.617. The van der Waals surface area contributed by atoms with Crippen LogP contribution in [0.15, 0.2) is 35.5 Å². The van der Waals surface area contributed by atoms with Crippen LogP contribution >= 0.6 is 11.8 Å². The highest BCUT2D eigenvalue weighted by Crippen LogP contribution is 2.22. The number of nitrogens with one attached hydrogen (secondary N) is 1. The van der Waals surface area contributed by atoms with Gasteiger partial charge in [-0.05, 0) is 19.8 Å². The lowest BCUT2D eigenvalue weighted by Gasteiger charge is -2.31. The maximum atomic E-state index is 12.5. The number of nitrogens with zero attached hydrogens (tertiary/aromatic N) is 3. The van der Waals surface area contributed by atoms with Crippen LogP contribution < -0.4 is 0 Å². The van der Waals surface area contributed by atoms with Crippen molar-refractivity contribution >= 4 is 23.6 Å². The first-order valence-corrected chi connectivity index (χ1v) is 9.71. The Kier molecular flexibility index (Phi) is 6.27. The minimum absolute atomic E-state index is 0.00457. The van der Waals surface area contributed by atoms with Crippen LogP contribution in [0.4, 0.5) is 0 Å². The average Bonchev–Trinajstić information content (AvgIpc) is 3.16. The van der Waals surface area contributed by atoms with E-state index in [4.69, 9.17) is 4.74 Å². The number of rotatable bonds is 6. The van der Waals surface area contributed by atoms with Gasteiger partial charge in [0.15, 0.2) is 5.82 Å². The SMILES string of the molecule is CCOC(=O)[C@H]1CCCN(C(=O)CSc2n[nH]c(-c3ccccc3)n2)C1. The van der Waals surface area contributed by atoms with Crippen molar-refractivity contribution in [3.8, 4) is 11.4 Å². The molecule has 138 valence electrons. The molecule has 0 aliphatic carbocycles. The van der Waals surface area contributed by atoms with Gasteiger partial charge in [0, 0.05) is 18.7 Å². The van der Waals surface area contributed by atoms with Crippen LogP contribution in [0.3, 0.4) is 0 Å². The molecule has 7 nitrogen and oxygen atoms in total. The lowest BCUT2D eigenvalue weighted by Crippen LogP contribution is -2.43. The fraction of sp³-hybridized carbons (Fsp3) is 0.444. The zero-order valence-corrected chi connectivity index (χ0v) is 15.5. The number of benzene rings is 1.